The molecule has 1 heterocycles. The van der Waals surface area contributed by atoms with E-state index in [1.165, 1.54) is 0 Å². The van der Waals surface area contributed by atoms with Crippen molar-refractivity contribution in [2.45, 2.75) is 82.4 Å². The number of hydrogen-bond donors (Lipinski definition) is 0. The zero-order chi connectivity index (χ0) is 30.8. The predicted molar refractivity (Wildman–Crippen MR) is 161 cm³/mol. The maximum atomic E-state index is 13.3. The first-order valence-corrected chi connectivity index (χ1v) is 17.0. The van der Waals surface area contributed by atoms with Gasteiger partial charge in [-0.15, -0.1) is 6.58 Å². The van der Waals surface area contributed by atoms with Crippen LogP contribution in [0.5, 0.6) is 0 Å². The Labute approximate surface area is 248 Å². The van der Waals surface area contributed by atoms with Crippen molar-refractivity contribution >= 4 is 20.3 Å². The van der Waals surface area contributed by atoms with Crippen LogP contribution < -0.4 is 0 Å². The van der Waals surface area contributed by atoms with E-state index in [1.807, 2.05) is 0 Å². The van der Waals surface area contributed by atoms with Crippen molar-refractivity contribution in [1.82, 2.24) is 0 Å². The topological polar surface area (TPSA) is 129 Å². The molecule has 2 aromatic carbocycles. The minimum atomic E-state index is -2.28. The molecule has 0 amide bonds. The number of benzene rings is 2. The van der Waals surface area contributed by atoms with Crippen LogP contribution in [0.3, 0.4) is 0 Å². The summed E-state index contributed by atoms with van der Waals surface area (Å²) in [4.78, 5) is 29.6. The van der Waals surface area contributed by atoms with Crippen LogP contribution in [0.15, 0.2) is 78.4 Å². The van der Waals surface area contributed by atoms with Gasteiger partial charge in [0.25, 0.3) is 0 Å². The molecule has 5 atom stereocenters. The standard InChI is InChI=1S/C31H41N3O7Si/c1-7-8-15-20-37-30-25(33-34-32)27(41-29(36)23-18-13-10-14-19-23)26(40-28(35)22-16-11-9-12-17-22)24(39-30)21-38-42(5,6)31(2,3)4/h7,9-14,16-19,24-27,30H,1,8,15,20-21H2,2-6H3/t24-,25-,26-,27-,30-/m1/s1. The molecule has 42 heavy (non-hydrogen) atoms. The molecule has 226 valence electrons. The summed E-state index contributed by atoms with van der Waals surface area (Å²) in [6.07, 6.45) is -1.24. The van der Waals surface area contributed by atoms with E-state index < -0.39 is 50.9 Å². The number of esters is 2. The van der Waals surface area contributed by atoms with Crippen LogP contribution in [-0.4, -0.2) is 64.1 Å². The van der Waals surface area contributed by atoms with Crippen LogP contribution in [0.25, 0.3) is 10.4 Å². The highest BCUT2D eigenvalue weighted by atomic mass is 28.4. The van der Waals surface area contributed by atoms with Gasteiger partial charge in [-0.3, -0.25) is 0 Å². The molecule has 0 spiro atoms. The summed E-state index contributed by atoms with van der Waals surface area (Å²) in [5.74, 6) is -1.32. The summed E-state index contributed by atoms with van der Waals surface area (Å²) in [7, 11) is -2.28. The van der Waals surface area contributed by atoms with Gasteiger partial charge in [-0.05, 0) is 60.8 Å². The molecule has 0 saturated carbocycles. The van der Waals surface area contributed by atoms with E-state index in [0.717, 1.165) is 0 Å². The molecule has 0 bridgehead atoms. The molecule has 3 rings (SSSR count). The number of unbranched alkanes of at least 4 members (excludes halogenated alkanes) is 1. The summed E-state index contributed by atoms with van der Waals surface area (Å²) in [5, 5.41) is 3.81. The number of allylic oxidation sites excluding steroid dienone is 1. The van der Waals surface area contributed by atoms with Gasteiger partial charge in [0.1, 0.15) is 12.1 Å². The predicted octanol–water partition coefficient (Wildman–Crippen LogP) is 6.85. The van der Waals surface area contributed by atoms with Gasteiger partial charge in [0.2, 0.25) is 0 Å². The zero-order valence-corrected chi connectivity index (χ0v) is 26.0. The second-order valence-corrected chi connectivity index (χ2v) is 16.4. The number of rotatable bonds is 13. The highest BCUT2D eigenvalue weighted by Gasteiger charge is 2.51. The largest absolute Gasteiger partial charge is 0.454 e. The molecule has 1 fully saturated rings. The SMILES string of the molecule is C=CCCCO[C@@H]1O[C@H](CO[Si](C)(C)C(C)(C)C)[C@@H](OC(=O)c2ccccc2)[C@H](OC(=O)c2ccccc2)[C@H]1N=[N+]=[N-]. The number of ether oxygens (including phenoxy) is 4. The lowest BCUT2D eigenvalue weighted by atomic mass is 9.96. The average Bonchev–Trinajstić information content (AvgIpc) is 2.97. The number of azide groups is 1. The van der Waals surface area contributed by atoms with Crippen LogP contribution in [0.4, 0.5) is 0 Å². The second-order valence-electron chi connectivity index (χ2n) is 11.6. The van der Waals surface area contributed by atoms with Crippen LogP contribution in [0, 0.1) is 0 Å². The molecule has 0 N–H and O–H groups in total. The summed E-state index contributed by atoms with van der Waals surface area (Å²) >= 11 is 0. The molecule has 0 radical (unpaired) electrons. The first kappa shape index (κ1) is 33.0. The number of carbonyl (C=O) groups is 2. The van der Waals surface area contributed by atoms with Crippen LogP contribution in [0.2, 0.25) is 18.1 Å². The Morgan fingerprint density at radius 2 is 1.55 bits per heavy atom. The Balaban J connectivity index is 2.03. The Bertz CT molecular complexity index is 1230. The Morgan fingerprint density at radius 3 is 2.05 bits per heavy atom. The molecule has 0 aromatic heterocycles. The van der Waals surface area contributed by atoms with Gasteiger partial charge in [0.05, 0.1) is 24.3 Å². The molecular formula is C31H41N3O7Si. The summed E-state index contributed by atoms with van der Waals surface area (Å²) in [6, 6.07) is 15.7. The van der Waals surface area contributed by atoms with Crippen LogP contribution in [0.1, 0.15) is 54.3 Å². The number of hydrogen-bond acceptors (Lipinski definition) is 8. The van der Waals surface area contributed by atoms with Gasteiger partial charge in [0, 0.05) is 4.91 Å². The molecule has 0 aliphatic carbocycles. The third-order valence-corrected chi connectivity index (χ3v) is 12.1. The quantitative estimate of drug-likeness (QED) is 0.0471. The lowest BCUT2D eigenvalue weighted by Gasteiger charge is -2.45. The third kappa shape index (κ3) is 8.76. The molecule has 2 aromatic rings. The van der Waals surface area contributed by atoms with Gasteiger partial charge < -0.3 is 23.4 Å². The fourth-order valence-corrected chi connectivity index (χ4v) is 5.10. The lowest BCUT2D eigenvalue weighted by molar-refractivity contribution is -0.263. The average molecular weight is 596 g/mol. The van der Waals surface area contributed by atoms with Gasteiger partial charge in [-0.25, -0.2) is 9.59 Å². The van der Waals surface area contributed by atoms with E-state index >= 15 is 0 Å². The van der Waals surface area contributed by atoms with E-state index in [-0.39, 0.29) is 23.8 Å². The maximum absolute atomic E-state index is 13.3. The number of carbonyl (C=O) groups excluding carboxylic acids is 2. The van der Waals surface area contributed by atoms with Crippen molar-refractivity contribution in [2.24, 2.45) is 5.11 Å². The Hall–Kier alpha value is -3.47. The Morgan fingerprint density at radius 1 is 1.00 bits per heavy atom. The van der Waals surface area contributed by atoms with Crippen LogP contribution in [-0.2, 0) is 23.4 Å². The van der Waals surface area contributed by atoms with Crippen LogP contribution >= 0.6 is 0 Å². The zero-order valence-electron chi connectivity index (χ0n) is 25.0. The normalized spacial score (nSPS) is 22.5. The second kappa shape index (κ2) is 15.1. The van der Waals surface area contributed by atoms with Gasteiger partial charge in [-0.2, -0.15) is 0 Å². The van der Waals surface area contributed by atoms with E-state index in [0.29, 0.717) is 18.4 Å². The first-order chi connectivity index (χ1) is 20.0. The fraction of sp³-hybridized carbons (Fsp3) is 0.484. The summed E-state index contributed by atoms with van der Waals surface area (Å²) < 4.78 is 30.8. The van der Waals surface area contributed by atoms with E-state index in [2.05, 4.69) is 50.5 Å². The van der Waals surface area contributed by atoms with Crippen molar-refractivity contribution in [1.29, 1.82) is 0 Å². The van der Waals surface area contributed by atoms with E-state index in [1.54, 1.807) is 66.7 Å². The molecule has 11 heteroatoms. The molecule has 10 nitrogen and oxygen atoms in total. The molecular weight excluding hydrogens is 554 g/mol. The molecule has 1 aliphatic heterocycles. The monoisotopic (exact) mass is 595 g/mol. The number of nitrogens with zero attached hydrogens (tertiary/aromatic N) is 3. The van der Waals surface area contributed by atoms with Crippen molar-refractivity contribution < 1.29 is 33.0 Å². The third-order valence-electron chi connectivity index (χ3n) is 7.55. The highest BCUT2D eigenvalue weighted by Crippen LogP contribution is 2.38. The Kier molecular flexibility index (Phi) is 11.9. The molecule has 0 unspecified atom stereocenters. The van der Waals surface area contributed by atoms with Crippen molar-refractivity contribution in [3.63, 3.8) is 0 Å². The van der Waals surface area contributed by atoms with Gasteiger partial charge in [-0.1, -0.05) is 68.4 Å². The summed E-state index contributed by atoms with van der Waals surface area (Å²) in [6.45, 7) is 14.6. The van der Waals surface area contributed by atoms with Gasteiger partial charge in [0.15, 0.2) is 26.8 Å². The van der Waals surface area contributed by atoms with Crippen molar-refractivity contribution in [2.75, 3.05) is 13.2 Å². The highest BCUT2D eigenvalue weighted by molar-refractivity contribution is 6.74. The van der Waals surface area contributed by atoms with E-state index in [4.69, 9.17) is 23.4 Å². The maximum Gasteiger partial charge on any atom is 0.338 e. The van der Waals surface area contributed by atoms with Gasteiger partial charge >= 0.3 is 11.9 Å². The minimum Gasteiger partial charge on any atom is -0.454 e. The molecule has 1 saturated heterocycles. The van der Waals surface area contributed by atoms with Crippen molar-refractivity contribution in [3.05, 3.63) is 94.9 Å². The first-order valence-electron chi connectivity index (χ1n) is 14.1. The fourth-order valence-electron chi connectivity index (χ4n) is 4.09. The molecule has 1 aliphatic rings. The van der Waals surface area contributed by atoms with E-state index in [9.17, 15) is 15.1 Å². The minimum absolute atomic E-state index is 0.0398. The summed E-state index contributed by atoms with van der Waals surface area (Å²) in [5.41, 5.74) is 10.1. The lowest BCUT2D eigenvalue weighted by Crippen LogP contribution is -2.62. The smallest absolute Gasteiger partial charge is 0.338 e. The van der Waals surface area contributed by atoms with Crippen molar-refractivity contribution in [3.8, 4) is 0 Å².